The number of nitrogens with one attached hydrogen (secondary N) is 1. The minimum absolute atomic E-state index is 0.719. The summed E-state index contributed by atoms with van der Waals surface area (Å²) < 4.78 is 1.18. The molecule has 2 nitrogen and oxygen atoms in total. The van der Waals surface area contributed by atoms with Crippen LogP contribution in [0.25, 0.3) is 0 Å². The van der Waals surface area contributed by atoms with Crippen LogP contribution in [0.4, 0.5) is 0 Å². The smallest absolute Gasteiger partial charge is 0.0300 e. The van der Waals surface area contributed by atoms with Gasteiger partial charge in [-0.1, -0.05) is 6.92 Å². The fraction of sp³-hybridized carbons (Fsp3) is 0.636. The Balaban J connectivity index is 2.10. The molecule has 0 bridgehead atoms. The Morgan fingerprint density at radius 3 is 3.00 bits per heavy atom. The van der Waals surface area contributed by atoms with Gasteiger partial charge in [-0.3, -0.25) is 0 Å². The van der Waals surface area contributed by atoms with Gasteiger partial charge in [0.1, 0.15) is 0 Å². The van der Waals surface area contributed by atoms with E-state index in [-0.39, 0.29) is 0 Å². The highest BCUT2D eigenvalue weighted by Crippen LogP contribution is 2.19. The van der Waals surface area contributed by atoms with Crippen LogP contribution in [0.1, 0.15) is 24.6 Å². The average Bonchev–Trinajstić information content (AvgIpc) is 2.61. The number of thiophene rings is 1. The van der Waals surface area contributed by atoms with E-state index < -0.39 is 0 Å². The molecule has 1 aromatic rings. The SMILES string of the molecule is CC(CCCN)CNCc1cc(Br)cs1. The van der Waals surface area contributed by atoms with Crippen molar-refractivity contribution in [2.24, 2.45) is 11.7 Å². The second kappa shape index (κ2) is 7.39. The first-order valence-corrected chi connectivity index (χ1v) is 7.03. The molecule has 0 aliphatic rings. The van der Waals surface area contributed by atoms with E-state index in [0.717, 1.165) is 32.0 Å². The number of hydrogen-bond acceptors (Lipinski definition) is 3. The van der Waals surface area contributed by atoms with Gasteiger partial charge >= 0.3 is 0 Å². The second-order valence-corrected chi connectivity index (χ2v) is 5.81. The first-order valence-electron chi connectivity index (χ1n) is 5.36. The van der Waals surface area contributed by atoms with Crippen LogP contribution in [0.5, 0.6) is 0 Å². The number of nitrogens with two attached hydrogens (primary N) is 1. The predicted octanol–water partition coefficient (Wildman–Crippen LogP) is 2.98. The third-order valence-electron chi connectivity index (χ3n) is 2.31. The lowest BCUT2D eigenvalue weighted by Gasteiger charge is -2.11. The Morgan fingerprint density at radius 2 is 2.40 bits per heavy atom. The van der Waals surface area contributed by atoms with Crippen molar-refractivity contribution in [2.45, 2.75) is 26.3 Å². The maximum absolute atomic E-state index is 5.48. The van der Waals surface area contributed by atoms with Crippen LogP contribution in [0.15, 0.2) is 15.9 Å². The van der Waals surface area contributed by atoms with E-state index in [1.807, 2.05) is 0 Å². The van der Waals surface area contributed by atoms with Crippen LogP contribution in [0.3, 0.4) is 0 Å². The lowest BCUT2D eigenvalue weighted by atomic mass is 10.1. The molecule has 4 heteroatoms. The summed E-state index contributed by atoms with van der Waals surface area (Å²) in [4.78, 5) is 1.38. The Hall–Kier alpha value is 0.1000. The van der Waals surface area contributed by atoms with Crippen molar-refractivity contribution < 1.29 is 0 Å². The molecule has 0 saturated carbocycles. The van der Waals surface area contributed by atoms with E-state index in [1.54, 1.807) is 11.3 Å². The maximum atomic E-state index is 5.48. The molecule has 1 atom stereocenters. The molecule has 0 aromatic carbocycles. The van der Waals surface area contributed by atoms with Gasteiger partial charge in [0, 0.05) is 21.3 Å². The highest BCUT2D eigenvalue weighted by atomic mass is 79.9. The molecular weight excluding hydrogens is 272 g/mol. The van der Waals surface area contributed by atoms with Crippen molar-refractivity contribution in [3.8, 4) is 0 Å². The van der Waals surface area contributed by atoms with E-state index in [4.69, 9.17) is 5.73 Å². The van der Waals surface area contributed by atoms with E-state index in [2.05, 4.69) is 39.6 Å². The molecule has 15 heavy (non-hydrogen) atoms. The van der Waals surface area contributed by atoms with Crippen LogP contribution < -0.4 is 11.1 Å². The fourth-order valence-electron chi connectivity index (χ4n) is 1.46. The molecule has 0 aliphatic heterocycles. The van der Waals surface area contributed by atoms with Crippen molar-refractivity contribution in [1.29, 1.82) is 0 Å². The van der Waals surface area contributed by atoms with Gasteiger partial charge in [-0.2, -0.15) is 0 Å². The minimum Gasteiger partial charge on any atom is -0.330 e. The average molecular weight is 291 g/mol. The molecule has 1 unspecified atom stereocenters. The van der Waals surface area contributed by atoms with Crippen molar-refractivity contribution in [1.82, 2.24) is 5.32 Å². The third-order valence-corrected chi connectivity index (χ3v) is 4.01. The Bertz CT molecular complexity index is 275. The zero-order valence-electron chi connectivity index (χ0n) is 9.13. The first-order chi connectivity index (χ1) is 7.22. The van der Waals surface area contributed by atoms with Crippen LogP contribution >= 0.6 is 27.3 Å². The lowest BCUT2D eigenvalue weighted by Crippen LogP contribution is -2.20. The van der Waals surface area contributed by atoms with Crippen molar-refractivity contribution >= 4 is 27.3 Å². The molecule has 1 heterocycles. The molecule has 0 fully saturated rings. The normalized spacial score (nSPS) is 13.0. The van der Waals surface area contributed by atoms with Crippen molar-refractivity contribution in [3.05, 3.63) is 20.8 Å². The van der Waals surface area contributed by atoms with E-state index in [0.29, 0.717) is 0 Å². The highest BCUT2D eigenvalue weighted by molar-refractivity contribution is 9.10. The molecule has 86 valence electrons. The maximum Gasteiger partial charge on any atom is 0.0300 e. The highest BCUT2D eigenvalue weighted by Gasteiger charge is 2.02. The monoisotopic (exact) mass is 290 g/mol. The largest absolute Gasteiger partial charge is 0.330 e. The molecule has 1 aromatic heterocycles. The summed E-state index contributed by atoms with van der Waals surface area (Å²) in [6.07, 6.45) is 2.35. The van der Waals surface area contributed by atoms with Gasteiger partial charge in [-0.15, -0.1) is 11.3 Å². The molecule has 0 spiro atoms. The molecule has 3 N–H and O–H groups in total. The summed E-state index contributed by atoms with van der Waals surface area (Å²) in [5, 5.41) is 5.59. The second-order valence-electron chi connectivity index (χ2n) is 3.90. The first kappa shape index (κ1) is 13.2. The van der Waals surface area contributed by atoms with Gasteiger partial charge in [-0.25, -0.2) is 0 Å². The van der Waals surface area contributed by atoms with E-state index in [1.165, 1.54) is 15.8 Å². The van der Waals surface area contributed by atoms with Gasteiger partial charge in [-0.05, 0) is 53.8 Å². The zero-order valence-corrected chi connectivity index (χ0v) is 11.5. The summed E-state index contributed by atoms with van der Waals surface area (Å²) in [6.45, 7) is 5.13. The van der Waals surface area contributed by atoms with Crippen molar-refractivity contribution in [3.63, 3.8) is 0 Å². The van der Waals surface area contributed by atoms with E-state index >= 15 is 0 Å². The standard InChI is InChI=1S/C11H19BrN2S/c1-9(3-2-4-13)6-14-7-11-5-10(12)8-15-11/h5,8-9,14H,2-4,6-7,13H2,1H3. The summed E-state index contributed by atoms with van der Waals surface area (Å²) in [6, 6.07) is 2.17. The summed E-state index contributed by atoms with van der Waals surface area (Å²) in [5.74, 6) is 0.719. The molecule has 0 radical (unpaired) electrons. The molecule has 0 saturated heterocycles. The summed E-state index contributed by atoms with van der Waals surface area (Å²) >= 11 is 5.25. The van der Waals surface area contributed by atoms with Crippen LogP contribution in [0, 0.1) is 5.92 Å². The molecular formula is C11H19BrN2S. The molecule has 0 aliphatic carbocycles. The number of hydrogen-bond donors (Lipinski definition) is 2. The van der Waals surface area contributed by atoms with Crippen LogP contribution in [0.2, 0.25) is 0 Å². The van der Waals surface area contributed by atoms with Crippen LogP contribution in [-0.2, 0) is 6.54 Å². The van der Waals surface area contributed by atoms with Gasteiger partial charge in [0.25, 0.3) is 0 Å². The predicted molar refractivity (Wildman–Crippen MR) is 71.2 cm³/mol. The number of halogens is 1. The lowest BCUT2D eigenvalue weighted by molar-refractivity contribution is 0.470. The minimum atomic E-state index is 0.719. The zero-order chi connectivity index (χ0) is 11.1. The summed E-state index contributed by atoms with van der Waals surface area (Å²) in [7, 11) is 0. The van der Waals surface area contributed by atoms with Crippen LogP contribution in [-0.4, -0.2) is 13.1 Å². The summed E-state index contributed by atoms with van der Waals surface area (Å²) in [5.41, 5.74) is 5.48. The number of rotatable bonds is 7. The quantitative estimate of drug-likeness (QED) is 0.810. The van der Waals surface area contributed by atoms with Gasteiger partial charge in [0.15, 0.2) is 0 Å². The third kappa shape index (κ3) is 5.66. The van der Waals surface area contributed by atoms with Gasteiger partial charge in [0.2, 0.25) is 0 Å². The van der Waals surface area contributed by atoms with Gasteiger partial charge in [0.05, 0.1) is 0 Å². The fourth-order valence-corrected chi connectivity index (χ4v) is 2.88. The van der Waals surface area contributed by atoms with Crippen molar-refractivity contribution in [2.75, 3.05) is 13.1 Å². The Labute approximate surface area is 104 Å². The topological polar surface area (TPSA) is 38.0 Å². The Morgan fingerprint density at radius 1 is 1.60 bits per heavy atom. The molecule has 1 rings (SSSR count). The van der Waals surface area contributed by atoms with E-state index in [9.17, 15) is 0 Å². The molecule has 0 amide bonds. The van der Waals surface area contributed by atoms with Gasteiger partial charge < -0.3 is 11.1 Å². The Kier molecular flexibility index (Phi) is 6.48.